The number of nitrogens with zero attached hydrogens (tertiary/aromatic N) is 2. The molecule has 102 valence electrons. The van der Waals surface area contributed by atoms with E-state index in [-0.39, 0.29) is 0 Å². The Morgan fingerprint density at radius 3 is 3.00 bits per heavy atom. The zero-order valence-corrected chi connectivity index (χ0v) is 12.0. The number of likely N-dealkylation sites (tertiary alicyclic amines) is 1. The van der Waals surface area contributed by atoms with Crippen LogP contribution in [0.1, 0.15) is 30.0 Å². The highest BCUT2D eigenvalue weighted by Gasteiger charge is 2.09. The van der Waals surface area contributed by atoms with Gasteiger partial charge in [-0.15, -0.1) is 11.3 Å². The Bertz CT molecular complexity index is 337. The van der Waals surface area contributed by atoms with Gasteiger partial charge in [-0.05, 0) is 33.0 Å². The Hall–Kier alpha value is -0.490. The fraction of sp³-hybridized carbons (Fsp3) is 0.769. The Balaban J connectivity index is 1.59. The first-order valence-electron chi connectivity index (χ1n) is 6.76. The van der Waals surface area contributed by atoms with Crippen LogP contribution < -0.4 is 5.32 Å². The topological polar surface area (TPSA) is 37.4 Å². The van der Waals surface area contributed by atoms with Crippen molar-refractivity contribution in [2.24, 2.45) is 0 Å². The van der Waals surface area contributed by atoms with Crippen molar-refractivity contribution in [2.45, 2.75) is 32.4 Å². The Kier molecular flexibility index (Phi) is 6.07. The summed E-state index contributed by atoms with van der Waals surface area (Å²) in [5.74, 6) is 0. The molecule has 4 nitrogen and oxygen atoms in total. The monoisotopic (exact) mass is 269 g/mol. The molecule has 0 unspecified atom stereocenters. The van der Waals surface area contributed by atoms with Crippen LogP contribution in [0.25, 0.3) is 0 Å². The molecule has 1 saturated heterocycles. The van der Waals surface area contributed by atoms with Crippen LogP contribution in [0, 0.1) is 0 Å². The summed E-state index contributed by atoms with van der Waals surface area (Å²) in [6, 6.07) is 0. The maximum atomic E-state index is 5.70. The van der Waals surface area contributed by atoms with E-state index >= 15 is 0 Å². The van der Waals surface area contributed by atoms with Crippen molar-refractivity contribution in [3.05, 3.63) is 16.1 Å². The smallest absolute Gasteiger partial charge is 0.107 e. The molecule has 2 heterocycles. The van der Waals surface area contributed by atoms with Crippen LogP contribution in [0.3, 0.4) is 0 Å². The first-order valence-corrected chi connectivity index (χ1v) is 7.64. The molecule has 0 aromatic carbocycles. The van der Waals surface area contributed by atoms with Crippen molar-refractivity contribution in [3.63, 3.8) is 0 Å². The SMILES string of the molecule is CNCc1nc(COCCN2CCCCC2)cs1. The predicted molar refractivity (Wildman–Crippen MR) is 74.8 cm³/mol. The number of hydrogen-bond donors (Lipinski definition) is 1. The molecular formula is C13H23N3OS. The molecular weight excluding hydrogens is 246 g/mol. The number of rotatable bonds is 7. The molecule has 0 atom stereocenters. The van der Waals surface area contributed by atoms with E-state index in [2.05, 4.69) is 20.6 Å². The van der Waals surface area contributed by atoms with Gasteiger partial charge in [0.15, 0.2) is 0 Å². The molecule has 0 aliphatic carbocycles. The second-order valence-corrected chi connectivity index (χ2v) is 5.66. The third-order valence-electron chi connectivity index (χ3n) is 3.18. The van der Waals surface area contributed by atoms with E-state index in [9.17, 15) is 0 Å². The summed E-state index contributed by atoms with van der Waals surface area (Å²) in [5, 5.41) is 6.33. The number of thiazole rings is 1. The molecule has 18 heavy (non-hydrogen) atoms. The van der Waals surface area contributed by atoms with Crippen LogP contribution in [0.15, 0.2) is 5.38 Å². The van der Waals surface area contributed by atoms with E-state index in [1.165, 1.54) is 32.4 Å². The highest BCUT2D eigenvalue weighted by molar-refractivity contribution is 7.09. The Morgan fingerprint density at radius 1 is 1.39 bits per heavy atom. The summed E-state index contributed by atoms with van der Waals surface area (Å²) >= 11 is 1.70. The average Bonchev–Trinajstić information content (AvgIpc) is 2.84. The number of hydrogen-bond acceptors (Lipinski definition) is 5. The number of ether oxygens (including phenoxy) is 1. The second-order valence-electron chi connectivity index (χ2n) is 4.72. The fourth-order valence-electron chi connectivity index (χ4n) is 2.20. The largest absolute Gasteiger partial charge is 0.374 e. The maximum absolute atomic E-state index is 5.70. The third-order valence-corrected chi connectivity index (χ3v) is 4.08. The van der Waals surface area contributed by atoms with Crippen molar-refractivity contribution in [1.29, 1.82) is 0 Å². The van der Waals surface area contributed by atoms with Crippen molar-refractivity contribution < 1.29 is 4.74 Å². The van der Waals surface area contributed by atoms with Gasteiger partial charge in [0, 0.05) is 18.5 Å². The molecule has 0 bridgehead atoms. The van der Waals surface area contributed by atoms with Crippen LogP contribution in [0.2, 0.25) is 0 Å². The van der Waals surface area contributed by atoms with Gasteiger partial charge < -0.3 is 15.0 Å². The van der Waals surface area contributed by atoms with Crippen molar-refractivity contribution in [3.8, 4) is 0 Å². The second kappa shape index (κ2) is 7.84. The normalized spacial score (nSPS) is 17.2. The number of aromatic nitrogens is 1. The molecule has 1 aliphatic heterocycles. The minimum absolute atomic E-state index is 0.647. The van der Waals surface area contributed by atoms with Gasteiger partial charge in [0.05, 0.1) is 18.9 Å². The lowest BCUT2D eigenvalue weighted by atomic mass is 10.1. The molecule has 0 spiro atoms. The predicted octanol–water partition coefficient (Wildman–Crippen LogP) is 1.86. The van der Waals surface area contributed by atoms with Gasteiger partial charge in [-0.1, -0.05) is 6.42 Å². The van der Waals surface area contributed by atoms with Gasteiger partial charge in [0.25, 0.3) is 0 Å². The lowest BCUT2D eigenvalue weighted by Gasteiger charge is -2.25. The summed E-state index contributed by atoms with van der Waals surface area (Å²) in [6.07, 6.45) is 4.09. The third kappa shape index (κ3) is 4.65. The average molecular weight is 269 g/mol. The summed E-state index contributed by atoms with van der Waals surface area (Å²) in [5.41, 5.74) is 1.06. The molecule has 2 rings (SSSR count). The van der Waals surface area contributed by atoms with Gasteiger partial charge in [-0.3, -0.25) is 0 Å². The molecule has 1 N–H and O–H groups in total. The van der Waals surface area contributed by atoms with E-state index in [0.717, 1.165) is 30.4 Å². The van der Waals surface area contributed by atoms with Crippen molar-refractivity contribution >= 4 is 11.3 Å². The lowest BCUT2D eigenvalue weighted by Crippen LogP contribution is -2.32. The Morgan fingerprint density at radius 2 is 2.22 bits per heavy atom. The van der Waals surface area contributed by atoms with Crippen LogP contribution in [-0.2, 0) is 17.9 Å². The molecule has 0 amide bonds. The molecule has 1 aromatic rings. The fourth-order valence-corrected chi connectivity index (χ4v) is 2.99. The molecule has 5 heteroatoms. The number of nitrogens with one attached hydrogen (secondary N) is 1. The highest BCUT2D eigenvalue weighted by Crippen LogP contribution is 2.11. The van der Waals surface area contributed by atoms with Crippen molar-refractivity contribution in [2.75, 3.05) is 33.3 Å². The van der Waals surface area contributed by atoms with Gasteiger partial charge in [0.2, 0.25) is 0 Å². The minimum Gasteiger partial charge on any atom is -0.374 e. The van der Waals surface area contributed by atoms with Crippen LogP contribution in [0.5, 0.6) is 0 Å². The number of piperidine rings is 1. The molecule has 0 radical (unpaired) electrons. The minimum atomic E-state index is 0.647. The van der Waals surface area contributed by atoms with E-state index in [1.807, 2.05) is 7.05 Å². The Labute approximate surface area is 113 Å². The summed E-state index contributed by atoms with van der Waals surface area (Å²) in [6.45, 7) is 5.86. The lowest BCUT2D eigenvalue weighted by molar-refractivity contribution is 0.0847. The maximum Gasteiger partial charge on any atom is 0.107 e. The van der Waals surface area contributed by atoms with Crippen LogP contribution >= 0.6 is 11.3 Å². The van der Waals surface area contributed by atoms with E-state index in [4.69, 9.17) is 4.74 Å². The highest BCUT2D eigenvalue weighted by atomic mass is 32.1. The molecule has 0 saturated carbocycles. The summed E-state index contributed by atoms with van der Waals surface area (Å²) < 4.78 is 5.70. The summed E-state index contributed by atoms with van der Waals surface area (Å²) in [7, 11) is 1.94. The van der Waals surface area contributed by atoms with Gasteiger partial charge in [0.1, 0.15) is 5.01 Å². The van der Waals surface area contributed by atoms with Crippen molar-refractivity contribution in [1.82, 2.24) is 15.2 Å². The van der Waals surface area contributed by atoms with Gasteiger partial charge >= 0.3 is 0 Å². The van der Waals surface area contributed by atoms with Gasteiger partial charge in [-0.25, -0.2) is 4.98 Å². The first kappa shape index (κ1) is 13.9. The van der Waals surface area contributed by atoms with E-state index in [1.54, 1.807) is 11.3 Å². The quantitative estimate of drug-likeness (QED) is 0.767. The molecule has 1 fully saturated rings. The zero-order chi connectivity index (χ0) is 12.6. The molecule has 1 aromatic heterocycles. The summed E-state index contributed by atoms with van der Waals surface area (Å²) in [4.78, 5) is 7.00. The standard InChI is InChI=1S/C13H23N3OS/c1-14-9-13-15-12(11-18-13)10-17-8-7-16-5-3-2-4-6-16/h11,14H,2-10H2,1H3. The van der Waals surface area contributed by atoms with E-state index in [0.29, 0.717) is 6.61 Å². The van der Waals surface area contributed by atoms with Crippen LogP contribution in [0.4, 0.5) is 0 Å². The molecule has 1 aliphatic rings. The van der Waals surface area contributed by atoms with Gasteiger partial charge in [-0.2, -0.15) is 0 Å². The zero-order valence-electron chi connectivity index (χ0n) is 11.2. The van der Waals surface area contributed by atoms with Crippen LogP contribution in [-0.4, -0.2) is 43.2 Å². The first-order chi connectivity index (χ1) is 8.88. The van der Waals surface area contributed by atoms with E-state index < -0.39 is 0 Å².